The number of hydrogen-bond donors (Lipinski definition) is 0. The molecular formula is C38H36BF4N3O. The zero-order valence-corrected chi connectivity index (χ0v) is 26.7. The van der Waals surface area contributed by atoms with Gasteiger partial charge in [0.1, 0.15) is 12.1 Å². The minimum atomic E-state index is -6.00. The fraction of sp³-hybridized carbons (Fsp3) is 0.132. The van der Waals surface area contributed by atoms with Crippen LogP contribution in [0.4, 0.5) is 17.3 Å². The van der Waals surface area contributed by atoms with Crippen LogP contribution >= 0.6 is 0 Å². The van der Waals surface area contributed by atoms with Gasteiger partial charge >= 0.3 is 7.25 Å². The van der Waals surface area contributed by atoms with Crippen molar-refractivity contribution in [2.75, 3.05) is 13.7 Å². The van der Waals surface area contributed by atoms with Gasteiger partial charge in [0.2, 0.25) is 16.7 Å². The Hall–Kier alpha value is -5.31. The van der Waals surface area contributed by atoms with E-state index in [1.54, 1.807) is 19.7 Å². The number of methoxy groups -OCH3 is 1. The summed E-state index contributed by atoms with van der Waals surface area (Å²) < 4.78 is 46.3. The summed E-state index contributed by atoms with van der Waals surface area (Å²) in [5.74, 6) is 0.910. The van der Waals surface area contributed by atoms with Gasteiger partial charge in [-0.25, -0.2) is 4.99 Å². The van der Waals surface area contributed by atoms with Crippen molar-refractivity contribution < 1.29 is 26.6 Å². The number of aromatic nitrogens is 1. The molecule has 1 aromatic heterocycles. The third-order valence-corrected chi connectivity index (χ3v) is 7.19. The van der Waals surface area contributed by atoms with Crippen molar-refractivity contribution in [3.63, 3.8) is 0 Å². The Labute approximate surface area is 272 Å². The number of benzene rings is 5. The van der Waals surface area contributed by atoms with E-state index >= 15 is 0 Å². The number of pyridine rings is 1. The summed E-state index contributed by atoms with van der Waals surface area (Å²) in [6, 6.07) is 42.5. The Morgan fingerprint density at radius 1 is 0.638 bits per heavy atom. The maximum atomic E-state index is 9.75. The molecule has 0 aliphatic carbocycles. The van der Waals surface area contributed by atoms with Gasteiger partial charge in [0.05, 0.1) is 24.4 Å². The zero-order valence-electron chi connectivity index (χ0n) is 26.7. The molecule has 0 saturated carbocycles. The molecule has 0 amide bonds. The van der Waals surface area contributed by atoms with Gasteiger partial charge in [-0.05, 0) is 61.7 Å². The second-order valence-corrected chi connectivity index (χ2v) is 10.7. The number of ether oxygens (including phenoxy) is 1. The second-order valence-electron chi connectivity index (χ2n) is 10.7. The Morgan fingerprint density at radius 3 is 1.51 bits per heavy atom. The van der Waals surface area contributed by atoms with Gasteiger partial charge in [0, 0.05) is 36.0 Å². The van der Waals surface area contributed by atoms with Gasteiger partial charge in [-0.3, -0.25) is 4.99 Å². The predicted molar refractivity (Wildman–Crippen MR) is 188 cm³/mol. The molecule has 240 valence electrons. The Balaban J connectivity index is 0.000000225. The van der Waals surface area contributed by atoms with Crippen molar-refractivity contribution >= 4 is 41.6 Å². The van der Waals surface area contributed by atoms with E-state index in [-0.39, 0.29) is 0 Å². The van der Waals surface area contributed by atoms with Gasteiger partial charge in [0.15, 0.2) is 0 Å². The lowest BCUT2D eigenvalue weighted by atomic mass is 9.89. The molecule has 7 rings (SSSR count). The van der Waals surface area contributed by atoms with E-state index in [9.17, 15) is 17.3 Å². The van der Waals surface area contributed by atoms with Gasteiger partial charge in [0.25, 0.3) is 0 Å². The average molecular weight is 638 g/mol. The number of rotatable bonds is 3. The van der Waals surface area contributed by atoms with E-state index in [1.165, 1.54) is 55.3 Å². The van der Waals surface area contributed by atoms with Gasteiger partial charge in [-0.15, -0.1) is 0 Å². The first-order valence-corrected chi connectivity index (χ1v) is 15.0. The molecule has 0 fully saturated rings. The number of aryl methyl sites for hydroxylation is 3. The molecule has 1 aliphatic heterocycles. The smallest absolute Gasteiger partial charge is 0.497 e. The molecule has 47 heavy (non-hydrogen) atoms. The maximum Gasteiger partial charge on any atom is 0.673 e. The summed E-state index contributed by atoms with van der Waals surface area (Å²) in [6.07, 6.45) is 3.32. The number of para-hydroxylation sites is 4. The molecule has 4 nitrogen and oxygen atoms in total. The van der Waals surface area contributed by atoms with Crippen LogP contribution in [-0.4, -0.2) is 33.5 Å². The second kappa shape index (κ2) is 16.3. The minimum Gasteiger partial charge on any atom is -0.497 e. The lowest BCUT2D eigenvalue weighted by molar-refractivity contribution is -0.537. The van der Waals surface area contributed by atoms with Crippen LogP contribution in [0.3, 0.4) is 0 Å². The van der Waals surface area contributed by atoms with Crippen LogP contribution in [-0.2, 0) is 0 Å². The zero-order chi connectivity index (χ0) is 33.8. The molecule has 9 heteroatoms. The summed E-state index contributed by atoms with van der Waals surface area (Å²) in [5.41, 5.74) is 10.3. The largest absolute Gasteiger partial charge is 0.673 e. The van der Waals surface area contributed by atoms with Crippen molar-refractivity contribution in [1.82, 2.24) is 0 Å². The van der Waals surface area contributed by atoms with E-state index in [0.29, 0.717) is 0 Å². The normalized spacial score (nSPS) is 11.6. The molecule has 2 heterocycles. The van der Waals surface area contributed by atoms with Crippen LogP contribution < -0.4 is 9.30 Å². The van der Waals surface area contributed by atoms with E-state index in [2.05, 4.69) is 126 Å². The van der Waals surface area contributed by atoms with Gasteiger partial charge in [-0.2, -0.15) is 4.57 Å². The van der Waals surface area contributed by atoms with Crippen molar-refractivity contribution in [1.29, 1.82) is 0 Å². The molecule has 1 aliphatic rings. The standard InChI is InChI=1S/C28H24N.C7H8O.C3H4N2.BF4/c1-19-17-20(2)27(21(3)18-19)28-23-13-7-9-15-25(23)29(22-11-5-4-6-12-22)26-16-10-8-14-24(26)28;1-8-7-5-3-2-4-6-7;1-2-5-3-4-1;2-1(3,4)5/h4-18H,1-3H3;2-6H,1H3;1,3H,2H2;/q+1;;;-1. The SMILES string of the molecule is C1=NC=NC1.COc1ccccc1.Cc1cc(C)c(-c2c3ccccc3[n+](-c3ccccc3)c3ccccc23)c(C)c1.F[B-](F)(F)F. The molecule has 0 saturated heterocycles. The minimum absolute atomic E-state index is 0.778. The van der Waals surface area contributed by atoms with Crippen LogP contribution in [0.15, 0.2) is 131 Å². The first kappa shape index (κ1) is 34.6. The highest BCUT2D eigenvalue weighted by Crippen LogP contribution is 2.38. The van der Waals surface area contributed by atoms with Crippen LogP contribution in [0.2, 0.25) is 0 Å². The molecule has 0 atom stereocenters. The highest BCUT2D eigenvalue weighted by molar-refractivity contribution is 6.50. The van der Waals surface area contributed by atoms with Crippen LogP contribution in [0, 0.1) is 20.8 Å². The molecular weight excluding hydrogens is 601 g/mol. The molecule has 0 N–H and O–H groups in total. The van der Waals surface area contributed by atoms with Gasteiger partial charge < -0.3 is 22.0 Å². The summed E-state index contributed by atoms with van der Waals surface area (Å²) >= 11 is 0. The first-order chi connectivity index (χ1) is 22.6. The Morgan fingerprint density at radius 2 is 1.11 bits per heavy atom. The Bertz CT molecular complexity index is 1880. The highest BCUT2D eigenvalue weighted by atomic mass is 19.5. The predicted octanol–water partition coefficient (Wildman–Crippen LogP) is 9.96. The monoisotopic (exact) mass is 637 g/mol. The lowest BCUT2D eigenvalue weighted by Crippen LogP contribution is -2.33. The number of nitrogens with zero attached hydrogens (tertiary/aromatic N) is 3. The quantitative estimate of drug-likeness (QED) is 0.0824. The van der Waals surface area contributed by atoms with Crippen molar-refractivity contribution in [3.05, 3.63) is 138 Å². The highest BCUT2D eigenvalue weighted by Gasteiger charge is 2.24. The van der Waals surface area contributed by atoms with E-state index in [0.717, 1.165) is 12.3 Å². The number of halogens is 4. The molecule has 0 bridgehead atoms. The summed E-state index contributed by atoms with van der Waals surface area (Å²) in [4.78, 5) is 7.40. The first-order valence-electron chi connectivity index (χ1n) is 15.0. The average Bonchev–Trinajstić information content (AvgIpc) is 3.65. The van der Waals surface area contributed by atoms with Crippen LogP contribution in [0.1, 0.15) is 16.7 Å². The third-order valence-electron chi connectivity index (χ3n) is 7.19. The summed E-state index contributed by atoms with van der Waals surface area (Å²) in [7, 11) is -4.34. The molecule has 6 aromatic rings. The van der Waals surface area contributed by atoms with E-state index in [4.69, 9.17) is 4.74 Å². The van der Waals surface area contributed by atoms with Gasteiger partial charge in [-0.1, -0.05) is 78.4 Å². The number of aliphatic imine (C=N–C) groups is 2. The lowest BCUT2D eigenvalue weighted by Gasteiger charge is -2.16. The van der Waals surface area contributed by atoms with Crippen LogP contribution in [0.5, 0.6) is 5.75 Å². The molecule has 5 aromatic carbocycles. The topological polar surface area (TPSA) is 37.8 Å². The molecule has 0 unspecified atom stereocenters. The van der Waals surface area contributed by atoms with Crippen LogP contribution in [0.25, 0.3) is 38.6 Å². The number of hydrogen-bond acceptors (Lipinski definition) is 3. The van der Waals surface area contributed by atoms with Crippen molar-refractivity contribution in [2.24, 2.45) is 9.98 Å². The molecule has 0 spiro atoms. The number of fused-ring (bicyclic) bond motifs is 2. The molecule has 0 radical (unpaired) electrons. The fourth-order valence-electron chi connectivity index (χ4n) is 5.53. The van der Waals surface area contributed by atoms with E-state index < -0.39 is 7.25 Å². The fourth-order valence-corrected chi connectivity index (χ4v) is 5.53. The van der Waals surface area contributed by atoms with Crippen molar-refractivity contribution in [3.8, 4) is 22.6 Å². The Kier molecular flexibility index (Phi) is 12.0. The summed E-state index contributed by atoms with van der Waals surface area (Å²) in [5, 5.41) is 2.57. The van der Waals surface area contributed by atoms with E-state index in [1.807, 2.05) is 30.3 Å². The summed E-state index contributed by atoms with van der Waals surface area (Å²) in [6.45, 7) is 7.42. The van der Waals surface area contributed by atoms with Crippen molar-refractivity contribution in [2.45, 2.75) is 20.8 Å². The maximum absolute atomic E-state index is 9.75. The third kappa shape index (κ3) is 9.59.